The molecule has 0 spiro atoms. The zero-order valence-corrected chi connectivity index (χ0v) is 13.5. The fourth-order valence-electron chi connectivity index (χ4n) is 3.24. The first-order valence-corrected chi connectivity index (χ1v) is 8.41. The number of ether oxygens (including phenoxy) is 1. The maximum absolute atomic E-state index is 12.5. The third kappa shape index (κ3) is 3.65. The smallest absolute Gasteiger partial charge is 0.312 e. The highest BCUT2D eigenvalue weighted by atomic mass is 16.6. The number of rotatable bonds is 4. The molecule has 2 saturated carbocycles. The summed E-state index contributed by atoms with van der Waals surface area (Å²) in [7, 11) is 0. The average Bonchev–Trinajstić information content (AvgIpc) is 2.92. The quantitative estimate of drug-likeness (QED) is 0.524. The summed E-state index contributed by atoms with van der Waals surface area (Å²) >= 11 is 0. The Morgan fingerprint density at radius 3 is 2.30 bits per heavy atom. The minimum absolute atomic E-state index is 0.0169. The first-order chi connectivity index (χ1) is 9.47. The lowest BCUT2D eigenvalue weighted by Crippen LogP contribution is -2.40. The minimum atomic E-state index is -0.362. The molecule has 114 valence electrons. The van der Waals surface area contributed by atoms with Gasteiger partial charge in [-0.1, -0.05) is 18.9 Å². The van der Waals surface area contributed by atoms with E-state index in [9.17, 15) is 4.79 Å². The van der Waals surface area contributed by atoms with Crippen LogP contribution < -0.4 is 0 Å². The van der Waals surface area contributed by atoms with Gasteiger partial charge in [-0.05, 0) is 77.7 Å². The van der Waals surface area contributed by atoms with E-state index < -0.39 is 0 Å². The van der Waals surface area contributed by atoms with Crippen molar-refractivity contribution in [1.29, 1.82) is 0 Å². The number of esters is 1. The van der Waals surface area contributed by atoms with Crippen LogP contribution in [0.2, 0.25) is 0 Å². The highest BCUT2D eigenvalue weighted by Gasteiger charge is 2.38. The fourth-order valence-corrected chi connectivity index (χ4v) is 3.24. The van der Waals surface area contributed by atoms with E-state index in [4.69, 9.17) is 4.74 Å². The molecule has 2 rings (SSSR count). The number of carbonyl (C=O) groups excluding carboxylic acids is 1. The molecule has 2 fully saturated rings. The van der Waals surface area contributed by atoms with Gasteiger partial charge in [-0.3, -0.25) is 4.79 Å². The van der Waals surface area contributed by atoms with Crippen LogP contribution in [-0.2, 0) is 9.53 Å². The Labute approximate surface area is 124 Å². The van der Waals surface area contributed by atoms with Gasteiger partial charge in [0.05, 0.1) is 5.41 Å². The summed E-state index contributed by atoms with van der Waals surface area (Å²) in [5.41, 5.74) is 0.870. The van der Waals surface area contributed by atoms with Crippen molar-refractivity contribution in [2.45, 2.75) is 90.6 Å². The second-order valence-electron chi connectivity index (χ2n) is 7.26. The number of hydrogen-bond donors (Lipinski definition) is 0. The molecule has 0 saturated heterocycles. The Balaban J connectivity index is 2.15. The second kappa shape index (κ2) is 6.32. The number of allylic oxidation sites excluding steroid dienone is 1. The van der Waals surface area contributed by atoms with Gasteiger partial charge in [0.25, 0.3) is 0 Å². The molecule has 0 N–H and O–H groups in total. The molecule has 0 aromatic rings. The van der Waals surface area contributed by atoms with E-state index in [0.29, 0.717) is 0 Å². The molecule has 2 heteroatoms. The Morgan fingerprint density at radius 1 is 1.15 bits per heavy atom. The fraction of sp³-hybridized carbons (Fsp3) is 0.833. The Hall–Kier alpha value is -0.790. The molecular weight excluding hydrogens is 248 g/mol. The van der Waals surface area contributed by atoms with Gasteiger partial charge in [0.1, 0.15) is 5.60 Å². The van der Waals surface area contributed by atoms with E-state index >= 15 is 0 Å². The number of hydrogen-bond acceptors (Lipinski definition) is 2. The van der Waals surface area contributed by atoms with Crippen LogP contribution in [0.25, 0.3) is 0 Å². The zero-order valence-electron chi connectivity index (χ0n) is 13.5. The minimum Gasteiger partial charge on any atom is -0.454 e. The molecule has 0 aromatic heterocycles. The van der Waals surface area contributed by atoms with E-state index in [1.165, 1.54) is 50.5 Å². The molecule has 0 aliphatic heterocycles. The predicted molar refractivity (Wildman–Crippen MR) is 82.5 cm³/mol. The Morgan fingerprint density at radius 2 is 1.75 bits per heavy atom. The van der Waals surface area contributed by atoms with Gasteiger partial charge >= 0.3 is 5.97 Å². The third-order valence-electron chi connectivity index (χ3n) is 5.15. The maximum Gasteiger partial charge on any atom is 0.312 e. The molecular formula is C18H30O2. The molecule has 0 aromatic carbocycles. The second-order valence-corrected chi connectivity index (χ2v) is 7.26. The molecule has 0 atom stereocenters. The van der Waals surface area contributed by atoms with E-state index in [-0.39, 0.29) is 17.0 Å². The lowest BCUT2D eigenvalue weighted by molar-refractivity contribution is -0.168. The lowest BCUT2D eigenvalue weighted by atomic mass is 9.82. The Bertz CT molecular complexity index is 365. The van der Waals surface area contributed by atoms with Gasteiger partial charge in [-0.15, -0.1) is 0 Å². The first kappa shape index (κ1) is 15.6. The van der Waals surface area contributed by atoms with E-state index in [1.54, 1.807) is 0 Å². The molecule has 0 amide bonds. The van der Waals surface area contributed by atoms with Crippen LogP contribution in [-0.4, -0.2) is 11.6 Å². The molecule has 2 aliphatic rings. The van der Waals surface area contributed by atoms with Crippen molar-refractivity contribution in [3.63, 3.8) is 0 Å². The lowest BCUT2D eigenvalue weighted by Gasteiger charge is -2.37. The average molecular weight is 278 g/mol. The molecule has 0 heterocycles. The normalized spacial score (nSPS) is 22.6. The summed E-state index contributed by atoms with van der Waals surface area (Å²) in [5, 5.41) is 0. The molecule has 0 bridgehead atoms. The van der Waals surface area contributed by atoms with Crippen LogP contribution in [0.3, 0.4) is 0 Å². The number of carbonyl (C=O) groups is 1. The largest absolute Gasteiger partial charge is 0.454 e. The topological polar surface area (TPSA) is 26.3 Å². The van der Waals surface area contributed by atoms with E-state index in [2.05, 4.69) is 13.0 Å². The summed E-state index contributed by atoms with van der Waals surface area (Å²) < 4.78 is 6.08. The molecule has 0 radical (unpaired) electrons. The first-order valence-electron chi connectivity index (χ1n) is 8.41. The highest BCUT2D eigenvalue weighted by molar-refractivity contribution is 5.76. The predicted octanol–water partition coefficient (Wildman–Crippen LogP) is 5.17. The van der Waals surface area contributed by atoms with Gasteiger partial charge in [0.2, 0.25) is 0 Å². The van der Waals surface area contributed by atoms with Crippen molar-refractivity contribution < 1.29 is 9.53 Å². The summed E-state index contributed by atoms with van der Waals surface area (Å²) in [6, 6.07) is 0. The SMILES string of the molecule is CCC(C)(C)C(=O)OC1(C=C2CCCC2)CCCCC1. The molecule has 2 nitrogen and oxygen atoms in total. The molecule has 20 heavy (non-hydrogen) atoms. The van der Waals surface area contributed by atoms with Crippen molar-refractivity contribution in [1.82, 2.24) is 0 Å². The summed E-state index contributed by atoms with van der Waals surface area (Å²) in [5.74, 6) is -0.0169. The van der Waals surface area contributed by atoms with Crippen molar-refractivity contribution in [2.24, 2.45) is 5.41 Å². The summed E-state index contributed by atoms with van der Waals surface area (Å²) in [6.45, 7) is 6.05. The third-order valence-corrected chi connectivity index (χ3v) is 5.15. The molecule has 0 unspecified atom stereocenters. The van der Waals surface area contributed by atoms with Gasteiger partial charge in [0.15, 0.2) is 0 Å². The van der Waals surface area contributed by atoms with Crippen LogP contribution >= 0.6 is 0 Å². The zero-order chi connectivity index (χ0) is 14.6. The van der Waals surface area contributed by atoms with E-state index in [1.807, 2.05) is 13.8 Å². The van der Waals surface area contributed by atoms with Crippen molar-refractivity contribution in [3.8, 4) is 0 Å². The van der Waals surface area contributed by atoms with Crippen molar-refractivity contribution in [2.75, 3.05) is 0 Å². The van der Waals surface area contributed by atoms with Gasteiger partial charge in [-0.25, -0.2) is 0 Å². The molecule has 2 aliphatic carbocycles. The Kier molecular flexibility index (Phi) is 4.93. The van der Waals surface area contributed by atoms with Crippen molar-refractivity contribution in [3.05, 3.63) is 11.6 Å². The highest BCUT2D eigenvalue weighted by Crippen LogP contribution is 2.38. The summed E-state index contributed by atoms with van der Waals surface area (Å²) in [4.78, 5) is 12.5. The standard InChI is InChI=1S/C18H30O2/c1-4-17(2,3)16(19)20-18(12-8-5-9-13-18)14-15-10-6-7-11-15/h14H,4-13H2,1-3H3. The van der Waals surface area contributed by atoms with Gasteiger partial charge < -0.3 is 4.74 Å². The van der Waals surface area contributed by atoms with Crippen LogP contribution in [0, 0.1) is 5.41 Å². The van der Waals surface area contributed by atoms with E-state index in [0.717, 1.165) is 19.3 Å². The van der Waals surface area contributed by atoms with Gasteiger partial charge in [0, 0.05) is 0 Å². The summed E-state index contributed by atoms with van der Waals surface area (Å²) in [6.07, 6.45) is 13.9. The monoisotopic (exact) mass is 278 g/mol. The maximum atomic E-state index is 12.5. The van der Waals surface area contributed by atoms with Gasteiger partial charge in [-0.2, -0.15) is 0 Å². The van der Waals surface area contributed by atoms with Crippen LogP contribution in [0.15, 0.2) is 11.6 Å². The van der Waals surface area contributed by atoms with Crippen LogP contribution in [0.4, 0.5) is 0 Å². The van der Waals surface area contributed by atoms with Crippen LogP contribution in [0.5, 0.6) is 0 Å². The van der Waals surface area contributed by atoms with Crippen LogP contribution in [0.1, 0.15) is 85.0 Å². The van der Waals surface area contributed by atoms with Crippen molar-refractivity contribution >= 4 is 5.97 Å².